The number of amides is 2. The summed E-state index contributed by atoms with van der Waals surface area (Å²) in [7, 11) is 0. The van der Waals surface area contributed by atoms with Crippen LogP contribution in [0.4, 0.5) is 20.6 Å². The minimum absolute atomic E-state index is 0.0615. The molecule has 168 valence electrons. The van der Waals surface area contributed by atoms with Crippen molar-refractivity contribution in [3.05, 3.63) is 53.8 Å². The Balaban J connectivity index is 1.50. The molecule has 2 atom stereocenters. The van der Waals surface area contributed by atoms with E-state index in [0.717, 1.165) is 11.8 Å². The van der Waals surface area contributed by atoms with Gasteiger partial charge in [-0.25, -0.2) is 9.18 Å². The molecule has 0 aromatic heterocycles. The minimum Gasteiger partial charge on any atom is -0.488 e. The Labute approximate surface area is 184 Å². The van der Waals surface area contributed by atoms with Crippen LogP contribution in [-0.2, 0) is 9.53 Å². The lowest BCUT2D eigenvalue weighted by Gasteiger charge is -2.16. The lowest BCUT2D eigenvalue weighted by atomic mass is 10.2. The van der Waals surface area contributed by atoms with Gasteiger partial charge in [0.2, 0.25) is 5.91 Å². The van der Waals surface area contributed by atoms with Crippen molar-refractivity contribution in [2.24, 2.45) is 0 Å². The summed E-state index contributed by atoms with van der Waals surface area (Å²) in [5.41, 5.74) is 1.56. The van der Waals surface area contributed by atoms with Crippen LogP contribution in [0.3, 0.4) is 0 Å². The fraction of sp³-hybridized carbons (Fsp3) is 0.318. The molecule has 0 spiro atoms. The number of cyclic esters (lactones) is 1. The van der Waals surface area contributed by atoms with Gasteiger partial charge in [0.05, 0.1) is 30.4 Å². The van der Waals surface area contributed by atoms with E-state index < -0.39 is 24.1 Å². The second kappa shape index (κ2) is 10.5. The molecule has 0 aliphatic carbocycles. The van der Waals surface area contributed by atoms with Gasteiger partial charge < -0.3 is 25.2 Å². The number of rotatable bonds is 9. The number of carbonyl (C=O) groups excluding carboxylic acids is 2. The summed E-state index contributed by atoms with van der Waals surface area (Å²) in [5, 5.41) is 24.5. The van der Waals surface area contributed by atoms with Crippen molar-refractivity contribution in [3.8, 4) is 11.8 Å². The minimum atomic E-state index is -0.909. The molecule has 1 aliphatic heterocycles. The monoisotopic (exact) mass is 442 g/mol. The average molecular weight is 442 g/mol. The maximum atomic E-state index is 14.5. The molecule has 1 aliphatic rings. The van der Waals surface area contributed by atoms with Gasteiger partial charge in [-0.2, -0.15) is 5.26 Å². The standard InChI is InChI=1S/C22H23FN4O5/c1-14(28)25-11-19-12-27(22(30)32-19)17-6-7-21(20(23)8-17)31-13-18(29)10-26-16-4-2-15(9-24)3-5-16/h2-8,18-19,26,29H,10-13H2,1H3,(H,25,28)/t18-,19-/m0/s1. The molecule has 10 heteroatoms. The van der Waals surface area contributed by atoms with Gasteiger partial charge in [-0.1, -0.05) is 0 Å². The predicted molar refractivity (Wildman–Crippen MR) is 114 cm³/mol. The number of hydrogen-bond acceptors (Lipinski definition) is 7. The smallest absolute Gasteiger partial charge is 0.414 e. The van der Waals surface area contributed by atoms with Gasteiger partial charge in [0.15, 0.2) is 11.6 Å². The van der Waals surface area contributed by atoms with Gasteiger partial charge in [-0.15, -0.1) is 0 Å². The van der Waals surface area contributed by atoms with Crippen molar-refractivity contribution in [2.45, 2.75) is 19.1 Å². The quantitative estimate of drug-likeness (QED) is 0.543. The number of carbonyl (C=O) groups is 2. The Hall–Kier alpha value is -3.84. The number of nitrogens with one attached hydrogen (secondary N) is 2. The van der Waals surface area contributed by atoms with E-state index in [1.165, 1.54) is 24.0 Å². The van der Waals surface area contributed by atoms with E-state index in [2.05, 4.69) is 10.6 Å². The summed E-state index contributed by atoms with van der Waals surface area (Å²) in [6.07, 6.45) is -2.06. The summed E-state index contributed by atoms with van der Waals surface area (Å²) in [4.78, 5) is 24.3. The predicted octanol–water partition coefficient (Wildman–Crippen LogP) is 2.01. The molecular formula is C22H23FN4O5. The second-order valence-corrected chi connectivity index (χ2v) is 7.20. The van der Waals surface area contributed by atoms with Crippen LogP contribution in [0.1, 0.15) is 12.5 Å². The second-order valence-electron chi connectivity index (χ2n) is 7.20. The first kappa shape index (κ1) is 22.8. The Kier molecular flexibility index (Phi) is 7.46. The highest BCUT2D eigenvalue weighted by Crippen LogP contribution is 2.27. The molecule has 9 nitrogen and oxygen atoms in total. The number of benzene rings is 2. The summed E-state index contributed by atoms with van der Waals surface area (Å²) < 4.78 is 25.0. The van der Waals surface area contributed by atoms with E-state index in [9.17, 15) is 19.1 Å². The first-order valence-corrected chi connectivity index (χ1v) is 9.92. The summed E-state index contributed by atoms with van der Waals surface area (Å²) >= 11 is 0. The number of ether oxygens (including phenoxy) is 2. The van der Waals surface area contributed by atoms with Gasteiger partial charge in [-0.3, -0.25) is 9.69 Å². The first-order chi connectivity index (χ1) is 15.4. The third kappa shape index (κ3) is 6.09. The molecule has 0 bridgehead atoms. The molecule has 0 unspecified atom stereocenters. The van der Waals surface area contributed by atoms with Crippen LogP contribution < -0.4 is 20.3 Å². The molecule has 0 saturated carbocycles. The average Bonchev–Trinajstić information content (AvgIpc) is 3.16. The molecule has 2 aromatic carbocycles. The van der Waals surface area contributed by atoms with Crippen molar-refractivity contribution in [3.63, 3.8) is 0 Å². The molecule has 3 N–H and O–H groups in total. The maximum Gasteiger partial charge on any atom is 0.414 e. The van der Waals surface area contributed by atoms with Crippen LogP contribution in [0.25, 0.3) is 0 Å². The first-order valence-electron chi connectivity index (χ1n) is 9.92. The molecular weight excluding hydrogens is 419 g/mol. The van der Waals surface area contributed by atoms with Gasteiger partial charge >= 0.3 is 6.09 Å². The molecule has 3 rings (SSSR count). The lowest BCUT2D eigenvalue weighted by molar-refractivity contribution is -0.119. The third-order valence-electron chi connectivity index (χ3n) is 4.67. The number of anilines is 2. The van der Waals surface area contributed by atoms with E-state index >= 15 is 0 Å². The maximum absolute atomic E-state index is 14.5. The third-order valence-corrected chi connectivity index (χ3v) is 4.67. The molecule has 1 heterocycles. The summed E-state index contributed by atoms with van der Waals surface area (Å²) in [6.45, 7) is 1.74. The highest BCUT2D eigenvalue weighted by molar-refractivity contribution is 5.90. The van der Waals surface area contributed by atoms with E-state index in [0.29, 0.717) is 11.3 Å². The van der Waals surface area contributed by atoms with Gasteiger partial charge in [-0.05, 0) is 36.4 Å². The molecule has 2 aromatic rings. The van der Waals surface area contributed by atoms with Crippen LogP contribution in [0.5, 0.6) is 5.75 Å². The summed E-state index contributed by atoms with van der Waals surface area (Å²) in [6, 6.07) is 12.8. The largest absolute Gasteiger partial charge is 0.488 e. The zero-order valence-electron chi connectivity index (χ0n) is 17.4. The SMILES string of the molecule is CC(=O)NC[C@H]1CN(c2ccc(OC[C@@H](O)CNc3ccc(C#N)cc3)c(F)c2)C(=O)O1. The normalized spacial score (nSPS) is 16.1. The van der Waals surface area contributed by atoms with E-state index in [4.69, 9.17) is 14.7 Å². The number of nitriles is 1. The number of aliphatic hydroxyl groups excluding tert-OH is 1. The Morgan fingerprint density at radius 3 is 2.78 bits per heavy atom. The van der Waals surface area contributed by atoms with Gasteiger partial charge in [0.25, 0.3) is 0 Å². The topological polar surface area (TPSA) is 124 Å². The van der Waals surface area contributed by atoms with E-state index in [1.807, 2.05) is 6.07 Å². The highest BCUT2D eigenvalue weighted by Gasteiger charge is 2.32. The van der Waals surface area contributed by atoms with Gasteiger partial charge in [0.1, 0.15) is 18.8 Å². The van der Waals surface area contributed by atoms with Crippen molar-refractivity contribution >= 4 is 23.4 Å². The van der Waals surface area contributed by atoms with Crippen molar-refractivity contribution in [1.29, 1.82) is 5.26 Å². The number of aliphatic hydroxyl groups is 1. The fourth-order valence-corrected chi connectivity index (χ4v) is 3.01. The number of halogens is 1. The summed E-state index contributed by atoms with van der Waals surface area (Å²) in [5.74, 6) is -0.984. The van der Waals surface area contributed by atoms with Crippen molar-refractivity contribution < 1.29 is 28.6 Å². The van der Waals surface area contributed by atoms with Crippen molar-refractivity contribution in [1.82, 2.24) is 5.32 Å². The number of hydrogen-bond donors (Lipinski definition) is 3. The van der Waals surface area contributed by atoms with Crippen LogP contribution in [-0.4, -0.2) is 55.6 Å². The molecule has 32 heavy (non-hydrogen) atoms. The Morgan fingerprint density at radius 2 is 2.12 bits per heavy atom. The van der Waals surface area contributed by atoms with Gasteiger partial charge in [0, 0.05) is 25.2 Å². The molecule has 1 fully saturated rings. The lowest BCUT2D eigenvalue weighted by Crippen LogP contribution is -2.33. The van der Waals surface area contributed by atoms with Crippen molar-refractivity contribution in [2.75, 3.05) is 36.5 Å². The molecule has 0 radical (unpaired) electrons. The Bertz CT molecular complexity index is 1010. The van der Waals surface area contributed by atoms with E-state index in [1.54, 1.807) is 24.3 Å². The Morgan fingerprint density at radius 1 is 1.38 bits per heavy atom. The van der Waals surface area contributed by atoms with Crippen LogP contribution in [0.2, 0.25) is 0 Å². The zero-order chi connectivity index (χ0) is 23.1. The van der Waals surface area contributed by atoms with Crippen LogP contribution >= 0.6 is 0 Å². The highest BCUT2D eigenvalue weighted by atomic mass is 19.1. The fourth-order valence-electron chi connectivity index (χ4n) is 3.01. The zero-order valence-corrected chi connectivity index (χ0v) is 17.4. The van der Waals surface area contributed by atoms with Crippen LogP contribution in [0.15, 0.2) is 42.5 Å². The van der Waals surface area contributed by atoms with Crippen LogP contribution in [0, 0.1) is 17.1 Å². The molecule has 2 amide bonds. The number of nitrogens with zero attached hydrogens (tertiary/aromatic N) is 2. The van der Waals surface area contributed by atoms with E-state index in [-0.39, 0.29) is 37.9 Å². The molecule has 1 saturated heterocycles.